The van der Waals surface area contributed by atoms with E-state index < -0.39 is 17.2 Å². The molecule has 1 aromatic carbocycles. The van der Waals surface area contributed by atoms with Crippen molar-refractivity contribution in [3.05, 3.63) is 29.3 Å². The Morgan fingerprint density at radius 3 is 2.50 bits per heavy atom. The van der Waals surface area contributed by atoms with Gasteiger partial charge in [0, 0.05) is 18.7 Å². The van der Waals surface area contributed by atoms with Crippen molar-refractivity contribution in [3.8, 4) is 0 Å². The number of nitrogens with two attached hydrogens (primary N) is 1. The quantitative estimate of drug-likeness (QED) is 0.332. The number of hydrogen-bond donors (Lipinski definition) is 3. The summed E-state index contributed by atoms with van der Waals surface area (Å²) in [7, 11) is 0. The Labute approximate surface area is 115 Å². The van der Waals surface area contributed by atoms with Crippen LogP contribution in [0.5, 0.6) is 0 Å². The third kappa shape index (κ3) is 2.82. The van der Waals surface area contributed by atoms with Gasteiger partial charge >= 0.3 is 0 Å². The lowest BCUT2D eigenvalue weighted by Crippen LogP contribution is -2.46. The molecule has 1 aromatic rings. The fraction of sp³-hybridized carbons (Fsp3) is 0.462. The molecule has 1 heterocycles. The van der Waals surface area contributed by atoms with Crippen LogP contribution in [0.1, 0.15) is 25.3 Å². The van der Waals surface area contributed by atoms with E-state index in [2.05, 4.69) is 5.16 Å². The number of nitrogens with zero attached hydrogens (tertiary/aromatic N) is 2. The summed E-state index contributed by atoms with van der Waals surface area (Å²) in [5.74, 6) is -1.96. The average molecular weight is 285 g/mol. The highest BCUT2D eigenvalue weighted by atomic mass is 19.1. The molecule has 5 nitrogen and oxygen atoms in total. The fourth-order valence-electron chi connectivity index (χ4n) is 2.48. The number of piperidine rings is 1. The van der Waals surface area contributed by atoms with Crippen molar-refractivity contribution < 1.29 is 19.1 Å². The predicted molar refractivity (Wildman–Crippen MR) is 70.9 cm³/mol. The van der Waals surface area contributed by atoms with Gasteiger partial charge in [0.15, 0.2) is 5.84 Å². The molecule has 4 N–H and O–H groups in total. The molecule has 1 aliphatic rings. The number of rotatable bonds is 2. The molecule has 1 atom stereocenters. The van der Waals surface area contributed by atoms with Gasteiger partial charge in [-0.2, -0.15) is 0 Å². The highest BCUT2D eigenvalue weighted by Gasteiger charge is 2.31. The molecule has 0 bridgehead atoms. The Bertz CT molecular complexity index is 523. The van der Waals surface area contributed by atoms with Gasteiger partial charge in [0.25, 0.3) is 0 Å². The van der Waals surface area contributed by atoms with Gasteiger partial charge in [-0.1, -0.05) is 5.16 Å². The van der Waals surface area contributed by atoms with Crippen molar-refractivity contribution >= 4 is 11.5 Å². The van der Waals surface area contributed by atoms with E-state index in [0.29, 0.717) is 19.4 Å². The zero-order valence-electron chi connectivity index (χ0n) is 11.1. The molecular weight excluding hydrogens is 268 g/mol. The molecule has 0 aliphatic carbocycles. The third-order valence-corrected chi connectivity index (χ3v) is 3.41. The summed E-state index contributed by atoms with van der Waals surface area (Å²) in [6.07, 6.45) is 1.24. The number of aliphatic hydroxyl groups is 1. The zero-order chi connectivity index (χ0) is 14.9. The van der Waals surface area contributed by atoms with Crippen molar-refractivity contribution in [2.24, 2.45) is 10.9 Å². The van der Waals surface area contributed by atoms with E-state index in [1.807, 2.05) is 0 Å². The van der Waals surface area contributed by atoms with Crippen LogP contribution in [0.2, 0.25) is 0 Å². The standard InChI is InChI=1S/C13H17F2N3O2/c1-13(19)3-2-4-18(7-13)11-9(14)5-8(6-10(11)15)12(16)17-20/h5-6,19-20H,2-4,7H2,1H3,(H2,16,17). The molecular formula is C13H17F2N3O2. The monoisotopic (exact) mass is 285 g/mol. The van der Waals surface area contributed by atoms with Gasteiger partial charge in [0.05, 0.1) is 5.60 Å². The summed E-state index contributed by atoms with van der Waals surface area (Å²) in [5.41, 5.74) is 4.12. The van der Waals surface area contributed by atoms with Gasteiger partial charge in [-0.3, -0.25) is 0 Å². The third-order valence-electron chi connectivity index (χ3n) is 3.41. The number of benzene rings is 1. The van der Waals surface area contributed by atoms with E-state index >= 15 is 0 Å². The van der Waals surface area contributed by atoms with Crippen LogP contribution in [-0.4, -0.2) is 34.8 Å². The molecule has 0 aromatic heterocycles. The smallest absolute Gasteiger partial charge is 0.170 e. The molecule has 1 unspecified atom stereocenters. The van der Waals surface area contributed by atoms with E-state index in [9.17, 15) is 13.9 Å². The van der Waals surface area contributed by atoms with Gasteiger partial charge in [0.1, 0.15) is 17.3 Å². The molecule has 1 aliphatic heterocycles. The Balaban J connectivity index is 2.38. The first-order valence-corrected chi connectivity index (χ1v) is 6.28. The number of anilines is 1. The van der Waals surface area contributed by atoms with Crippen LogP contribution in [0.15, 0.2) is 17.3 Å². The second kappa shape index (κ2) is 5.24. The van der Waals surface area contributed by atoms with E-state index in [4.69, 9.17) is 10.9 Å². The molecule has 0 saturated carbocycles. The maximum absolute atomic E-state index is 14.1. The first-order chi connectivity index (χ1) is 9.34. The topological polar surface area (TPSA) is 82.1 Å². The molecule has 0 spiro atoms. The van der Waals surface area contributed by atoms with Crippen molar-refractivity contribution in [3.63, 3.8) is 0 Å². The number of amidine groups is 1. The summed E-state index contributed by atoms with van der Waals surface area (Å²) in [4.78, 5) is 1.48. The Hall–Kier alpha value is -1.89. The van der Waals surface area contributed by atoms with Crippen LogP contribution < -0.4 is 10.6 Å². The maximum atomic E-state index is 14.1. The van der Waals surface area contributed by atoms with Gasteiger partial charge in [-0.25, -0.2) is 8.78 Å². The van der Waals surface area contributed by atoms with Crippen LogP contribution >= 0.6 is 0 Å². The summed E-state index contributed by atoms with van der Waals surface area (Å²) in [6, 6.07) is 2.02. The van der Waals surface area contributed by atoms with Crippen molar-refractivity contribution in [2.75, 3.05) is 18.0 Å². The number of halogens is 2. The lowest BCUT2D eigenvalue weighted by molar-refractivity contribution is 0.0446. The number of hydrogen-bond acceptors (Lipinski definition) is 4. The molecule has 1 fully saturated rings. The van der Waals surface area contributed by atoms with Gasteiger partial charge in [0.2, 0.25) is 0 Å². The van der Waals surface area contributed by atoms with E-state index in [-0.39, 0.29) is 23.6 Å². The largest absolute Gasteiger partial charge is 0.409 e. The molecule has 0 amide bonds. The normalized spacial score (nSPS) is 24.0. The summed E-state index contributed by atoms with van der Waals surface area (Å²) in [5, 5.41) is 21.3. The predicted octanol–water partition coefficient (Wildman–Crippen LogP) is 1.41. The van der Waals surface area contributed by atoms with Crippen molar-refractivity contribution in [1.82, 2.24) is 0 Å². The minimum atomic E-state index is -0.971. The molecule has 1 saturated heterocycles. The number of β-amino-alcohol motifs (C(OH)–C–C–N with tert-alkyl or cyclic N) is 1. The maximum Gasteiger partial charge on any atom is 0.170 e. The van der Waals surface area contributed by atoms with Crippen molar-refractivity contribution in [1.29, 1.82) is 0 Å². The Morgan fingerprint density at radius 1 is 1.40 bits per heavy atom. The van der Waals surface area contributed by atoms with E-state index in [1.54, 1.807) is 6.92 Å². The van der Waals surface area contributed by atoms with Gasteiger partial charge in [-0.05, 0) is 31.9 Å². The van der Waals surface area contributed by atoms with Crippen LogP contribution in [-0.2, 0) is 0 Å². The lowest BCUT2D eigenvalue weighted by atomic mass is 9.94. The zero-order valence-corrected chi connectivity index (χ0v) is 11.1. The van der Waals surface area contributed by atoms with Crippen LogP contribution in [0, 0.1) is 11.6 Å². The highest BCUT2D eigenvalue weighted by Crippen LogP contribution is 2.30. The van der Waals surface area contributed by atoms with Crippen LogP contribution in [0.4, 0.5) is 14.5 Å². The van der Waals surface area contributed by atoms with Gasteiger partial charge in [-0.15, -0.1) is 0 Å². The average Bonchev–Trinajstić information content (AvgIpc) is 2.35. The molecule has 7 heteroatoms. The number of oxime groups is 1. The fourth-order valence-corrected chi connectivity index (χ4v) is 2.48. The second-order valence-corrected chi connectivity index (χ2v) is 5.30. The molecule has 2 rings (SSSR count). The van der Waals surface area contributed by atoms with Gasteiger partial charge < -0.3 is 20.9 Å². The van der Waals surface area contributed by atoms with E-state index in [1.165, 1.54) is 4.90 Å². The Morgan fingerprint density at radius 2 is 2.00 bits per heavy atom. The molecule has 0 radical (unpaired) electrons. The first kappa shape index (κ1) is 14.5. The highest BCUT2D eigenvalue weighted by molar-refractivity contribution is 5.97. The minimum Gasteiger partial charge on any atom is -0.409 e. The minimum absolute atomic E-state index is 0.0324. The summed E-state index contributed by atoms with van der Waals surface area (Å²) in [6.45, 7) is 2.26. The second-order valence-electron chi connectivity index (χ2n) is 5.30. The summed E-state index contributed by atoms with van der Waals surface area (Å²) < 4.78 is 28.2. The Kier molecular flexibility index (Phi) is 3.80. The van der Waals surface area contributed by atoms with Crippen LogP contribution in [0.3, 0.4) is 0 Å². The van der Waals surface area contributed by atoms with E-state index in [0.717, 1.165) is 12.1 Å². The van der Waals surface area contributed by atoms with Crippen LogP contribution in [0.25, 0.3) is 0 Å². The SMILES string of the molecule is CC1(O)CCCN(c2c(F)cc(C(N)=NO)cc2F)C1. The summed E-state index contributed by atoms with van der Waals surface area (Å²) >= 11 is 0. The molecule has 20 heavy (non-hydrogen) atoms. The molecule has 110 valence electrons. The van der Waals surface area contributed by atoms with Crippen molar-refractivity contribution in [2.45, 2.75) is 25.4 Å². The lowest BCUT2D eigenvalue weighted by Gasteiger charge is -2.38. The first-order valence-electron chi connectivity index (χ1n) is 6.28.